The van der Waals surface area contributed by atoms with Crippen LogP contribution in [0.2, 0.25) is 0 Å². The number of carboxylic acid groups (broad SMARTS) is 1. The van der Waals surface area contributed by atoms with E-state index in [1.807, 2.05) is 26.0 Å². The minimum absolute atomic E-state index is 0.408. The number of carbonyl (C=O) groups is 2. The van der Waals surface area contributed by atoms with Gasteiger partial charge in [-0.2, -0.15) is 0 Å². The Balaban J connectivity index is 2.26. The van der Waals surface area contributed by atoms with E-state index in [1.54, 1.807) is 30.3 Å². The van der Waals surface area contributed by atoms with Crippen LogP contribution in [0.3, 0.4) is 0 Å². The van der Waals surface area contributed by atoms with E-state index in [2.05, 4.69) is 5.32 Å². The van der Waals surface area contributed by atoms with E-state index in [9.17, 15) is 14.7 Å². The van der Waals surface area contributed by atoms with Crippen LogP contribution in [0.1, 0.15) is 33.1 Å². The second-order valence-electron chi connectivity index (χ2n) is 5.34. The van der Waals surface area contributed by atoms with Gasteiger partial charge >= 0.3 is 5.97 Å². The van der Waals surface area contributed by atoms with E-state index in [0.717, 1.165) is 11.1 Å². The zero-order chi connectivity index (χ0) is 17.0. The maximum absolute atomic E-state index is 12.4. The van der Waals surface area contributed by atoms with E-state index in [1.165, 1.54) is 7.11 Å². The molecule has 0 saturated carbocycles. The molecule has 0 heterocycles. The molecular weight excluding hydrogens is 294 g/mol. The number of benzene rings is 2. The fourth-order valence-corrected chi connectivity index (χ4v) is 2.27. The van der Waals surface area contributed by atoms with E-state index >= 15 is 0 Å². The summed E-state index contributed by atoms with van der Waals surface area (Å²) in [5.74, 6) is -0.901. The van der Waals surface area contributed by atoms with Gasteiger partial charge in [0.1, 0.15) is 5.75 Å². The number of carboxylic acids is 1. The standard InChI is InChI=1S/C18H19NO4/c1-11-4-5-12(2)15(10-11)17(20)19-16(18(21)22)13-6-8-14(23-3)9-7-13/h4-10,16H,1-3H3,(H,19,20)(H,21,22). The molecule has 1 amide bonds. The summed E-state index contributed by atoms with van der Waals surface area (Å²) in [5, 5.41) is 12.0. The summed E-state index contributed by atoms with van der Waals surface area (Å²) in [6.45, 7) is 3.70. The maximum atomic E-state index is 12.4. The van der Waals surface area contributed by atoms with Crippen LogP contribution >= 0.6 is 0 Å². The van der Waals surface area contributed by atoms with Crippen LogP contribution in [0.15, 0.2) is 42.5 Å². The predicted molar refractivity (Wildman–Crippen MR) is 86.8 cm³/mol. The van der Waals surface area contributed by atoms with Crippen LogP contribution in [-0.4, -0.2) is 24.1 Å². The van der Waals surface area contributed by atoms with Crippen LogP contribution in [0.5, 0.6) is 5.75 Å². The van der Waals surface area contributed by atoms with Crippen LogP contribution in [0.4, 0.5) is 0 Å². The Morgan fingerprint density at radius 2 is 1.74 bits per heavy atom. The van der Waals surface area contributed by atoms with Crippen molar-refractivity contribution in [1.29, 1.82) is 0 Å². The van der Waals surface area contributed by atoms with Crippen molar-refractivity contribution in [2.75, 3.05) is 7.11 Å². The van der Waals surface area contributed by atoms with Crippen molar-refractivity contribution in [3.05, 3.63) is 64.7 Å². The van der Waals surface area contributed by atoms with Gasteiger partial charge in [-0.25, -0.2) is 4.79 Å². The lowest BCUT2D eigenvalue weighted by molar-refractivity contribution is -0.139. The van der Waals surface area contributed by atoms with Gasteiger partial charge in [-0.05, 0) is 43.2 Å². The molecule has 2 aromatic carbocycles. The molecule has 120 valence electrons. The van der Waals surface area contributed by atoms with Crippen molar-refractivity contribution >= 4 is 11.9 Å². The molecule has 0 bridgehead atoms. The molecule has 0 aliphatic rings. The summed E-state index contributed by atoms with van der Waals surface area (Å²) >= 11 is 0. The molecular formula is C18H19NO4. The third kappa shape index (κ3) is 3.88. The number of aryl methyl sites for hydroxylation is 2. The van der Waals surface area contributed by atoms with E-state index in [4.69, 9.17) is 4.74 Å². The molecule has 5 nitrogen and oxygen atoms in total. The van der Waals surface area contributed by atoms with Gasteiger partial charge in [0, 0.05) is 5.56 Å². The van der Waals surface area contributed by atoms with Crippen molar-refractivity contribution in [3.8, 4) is 5.75 Å². The molecule has 0 aliphatic heterocycles. The minimum atomic E-state index is -1.12. The summed E-state index contributed by atoms with van der Waals surface area (Å²) in [5.41, 5.74) is 2.70. The first kappa shape index (κ1) is 16.5. The monoisotopic (exact) mass is 313 g/mol. The van der Waals surface area contributed by atoms with Crippen molar-refractivity contribution in [3.63, 3.8) is 0 Å². The lowest BCUT2D eigenvalue weighted by atomic mass is 10.0. The quantitative estimate of drug-likeness (QED) is 0.890. The van der Waals surface area contributed by atoms with E-state index < -0.39 is 17.9 Å². The molecule has 0 radical (unpaired) electrons. The lowest BCUT2D eigenvalue weighted by Crippen LogP contribution is -2.34. The Kier molecular flexibility index (Phi) is 5.01. The van der Waals surface area contributed by atoms with Gasteiger partial charge in [0.25, 0.3) is 5.91 Å². The summed E-state index contributed by atoms with van der Waals surface area (Å²) in [6, 6.07) is 11.0. The van der Waals surface area contributed by atoms with Gasteiger partial charge in [-0.1, -0.05) is 29.8 Å². The van der Waals surface area contributed by atoms with Crippen molar-refractivity contribution in [1.82, 2.24) is 5.32 Å². The van der Waals surface area contributed by atoms with Gasteiger partial charge in [-0.15, -0.1) is 0 Å². The first-order valence-corrected chi connectivity index (χ1v) is 7.17. The first-order valence-electron chi connectivity index (χ1n) is 7.17. The van der Waals surface area contributed by atoms with E-state index in [0.29, 0.717) is 16.9 Å². The van der Waals surface area contributed by atoms with Gasteiger partial charge < -0.3 is 15.2 Å². The van der Waals surface area contributed by atoms with Crippen LogP contribution in [0.25, 0.3) is 0 Å². The van der Waals surface area contributed by atoms with Gasteiger partial charge in [-0.3, -0.25) is 4.79 Å². The van der Waals surface area contributed by atoms with Crippen LogP contribution in [-0.2, 0) is 4.79 Å². The molecule has 2 rings (SSSR count). The number of carbonyl (C=O) groups excluding carboxylic acids is 1. The number of nitrogens with one attached hydrogen (secondary N) is 1. The topological polar surface area (TPSA) is 75.6 Å². The number of aliphatic carboxylic acids is 1. The Morgan fingerprint density at radius 3 is 2.30 bits per heavy atom. The third-order valence-electron chi connectivity index (χ3n) is 3.61. The average molecular weight is 313 g/mol. The molecule has 1 atom stereocenters. The molecule has 0 fully saturated rings. The smallest absolute Gasteiger partial charge is 0.330 e. The molecule has 5 heteroatoms. The number of methoxy groups -OCH3 is 1. The Labute approximate surface area is 134 Å². The van der Waals surface area contributed by atoms with Gasteiger partial charge in [0.05, 0.1) is 7.11 Å². The Morgan fingerprint density at radius 1 is 1.09 bits per heavy atom. The molecule has 2 aromatic rings. The second-order valence-corrected chi connectivity index (χ2v) is 5.34. The Bertz CT molecular complexity index is 722. The highest BCUT2D eigenvalue weighted by Crippen LogP contribution is 2.19. The summed E-state index contributed by atoms with van der Waals surface area (Å²) < 4.78 is 5.05. The van der Waals surface area contributed by atoms with Gasteiger partial charge in [0.15, 0.2) is 6.04 Å². The number of amides is 1. The number of hydrogen-bond donors (Lipinski definition) is 2. The van der Waals surface area contributed by atoms with Crippen molar-refractivity contribution in [2.45, 2.75) is 19.9 Å². The van der Waals surface area contributed by atoms with Crippen LogP contribution in [0, 0.1) is 13.8 Å². The zero-order valence-corrected chi connectivity index (χ0v) is 13.3. The normalized spacial score (nSPS) is 11.6. The highest BCUT2D eigenvalue weighted by atomic mass is 16.5. The molecule has 0 saturated heterocycles. The zero-order valence-electron chi connectivity index (χ0n) is 13.3. The maximum Gasteiger partial charge on any atom is 0.330 e. The molecule has 1 unspecified atom stereocenters. The number of hydrogen-bond acceptors (Lipinski definition) is 3. The Hall–Kier alpha value is -2.82. The molecule has 0 aromatic heterocycles. The minimum Gasteiger partial charge on any atom is -0.497 e. The summed E-state index contributed by atoms with van der Waals surface area (Å²) in [7, 11) is 1.53. The second kappa shape index (κ2) is 6.96. The summed E-state index contributed by atoms with van der Waals surface area (Å²) in [4.78, 5) is 24.0. The first-order chi connectivity index (χ1) is 10.9. The van der Waals surface area contributed by atoms with Crippen LogP contribution < -0.4 is 10.1 Å². The highest BCUT2D eigenvalue weighted by molar-refractivity contribution is 5.98. The molecule has 2 N–H and O–H groups in total. The number of ether oxygens (including phenoxy) is 1. The third-order valence-corrected chi connectivity index (χ3v) is 3.61. The van der Waals surface area contributed by atoms with E-state index in [-0.39, 0.29) is 0 Å². The fourth-order valence-electron chi connectivity index (χ4n) is 2.27. The molecule has 23 heavy (non-hydrogen) atoms. The van der Waals surface area contributed by atoms with Crippen molar-refractivity contribution < 1.29 is 19.4 Å². The van der Waals surface area contributed by atoms with Crippen molar-refractivity contribution in [2.24, 2.45) is 0 Å². The summed E-state index contributed by atoms with van der Waals surface area (Å²) in [6.07, 6.45) is 0. The molecule has 0 aliphatic carbocycles. The SMILES string of the molecule is COc1ccc(C(NC(=O)c2cc(C)ccc2C)C(=O)O)cc1. The highest BCUT2D eigenvalue weighted by Gasteiger charge is 2.23. The lowest BCUT2D eigenvalue weighted by Gasteiger charge is -2.16. The number of rotatable bonds is 5. The molecule has 0 spiro atoms. The predicted octanol–water partition coefficient (Wildman–Crippen LogP) is 2.87. The largest absolute Gasteiger partial charge is 0.497 e. The fraction of sp³-hybridized carbons (Fsp3) is 0.222. The van der Waals surface area contributed by atoms with Gasteiger partial charge in [0.2, 0.25) is 0 Å². The average Bonchev–Trinajstić information content (AvgIpc) is 2.54.